The lowest BCUT2D eigenvalue weighted by molar-refractivity contribution is -0.172. The molecule has 1 saturated heterocycles. The number of amides is 2. The molecule has 20 heavy (non-hydrogen) atoms. The summed E-state index contributed by atoms with van der Waals surface area (Å²) in [5, 5.41) is 12.6. The highest BCUT2D eigenvalue weighted by Gasteiger charge is 2.30. The van der Waals surface area contributed by atoms with Gasteiger partial charge in [0, 0.05) is 12.7 Å². The highest BCUT2D eigenvalue weighted by molar-refractivity contribution is 5.95. The molecule has 1 unspecified atom stereocenters. The van der Waals surface area contributed by atoms with Crippen LogP contribution in [-0.4, -0.2) is 44.1 Å². The van der Waals surface area contributed by atoms with Gasteiger partial charge in [-0.3, -0.25) is 19.2 Å². The number of imidazole rings is 1. The summed E-state index contributed by atoms with van der Waals surface area (Å²) in [4.78, 5) is 28.0. The van der Waals surface area contributed by atoms with Crippen molar-refractivity contribution in [2.24, 2.45) is 0 Å². The van der Waals surface area contributed by atoms with E-state index in [9.17, 15) is 14.8 Å². The Morgan fingerprint density at radius 2 is 2.30 bits per heavy atom. The highest BCUT2D eigenvalue weighted by Crippen LogP contribution is 2.11. The third kappa shape index (κ3) is 2.12. The van der Waals surface area contributed by atoms with Gasteiger partial charge in [0.25, 0.3) is 11.8 Å². The summed E-state index contributed by atoms with van der Waals surface area (Å²) in [6, 6.07) is 4.79. The van der Waals surface area contributed by atoms with Crippen molar-refractivity contribution >= 4 is 17.3 Å². The molecule has 7 nitrogen and oxygen atoms in total. The maximum Gasteiger partial charge on any atom is 0.288 e. The second-order valence-corrected chi connectivity index (χ2v) is 4.71. The quantitative estimate of drug-likeness (QED) is 0.778. The molecule has 1 aliphatic rings. The number of hydrogen-bond donors (Lipinski definition) is 2. The van der Waals surface area contributed by atoms with Crippen LogP contribution in [0.2, 0.25) is 0 Å². The molecule has 1 fully saturated rings. The van der Waals surface area contributed by atoms with Gasteiger partial charge in [0.1, 0.15) is 6.04 Å². The molecule has 1 atom stereocenters. The van der Waals surface area contributed by atoms with Crippen LogP contribution in [0.5, 0.6) is 0 Å². The molecule has 2 N–H and O–H groups in total. The van der Waals surface area contributed by atoms with Crippen LogP contribution >= 0.6 is 0 Å². The molecule has 0 aromatic carbocycles. The first-order valence-corrected chi connectivity index (χ1v) is 6.40. The first-order chi connectivity index (χ1) is 9.66. The minimum absolute atomic E-state index is 0.225. The van der Waals surface area contributed by atoms with Crippen molar-refractivity contribution in [3.05, 3.63) is 36.4 Å². The topological polar surface area (TPSA) is 86.9 Å². The molecule has 1 aliphatic heterocycles. The Morgan fingerprint density at radius 1 is 1.45 bits per heavy atom. The lowest BCUT2D eigenvalue weighted by atomic mass is 10.1. The van der Waals surface area contributed by atoms with Gasteiger partial charge in [-0.05, 0) is 25.0 Å². The molecule has 0 bridgehead atoms. The van der Waals surface area contributed by atoms with Gasteiger partial charge in [-0.2, -0.15) is 0 Å². The van der Waals surface area contributed by atoms with E-state index in [0.29, 0.717) is 24.4 Å². The van der Waals surface area contributed by atoms with Crippen LogP contribution in [-0.2, 0) is 4.79 Å². The van der Waals surface area contributed by atoms with Gasteiger partial charge in [-0.15, -0.1) is 0 Å². The molecule has 3 heterocycles. The average Bonchev–Trinajstić information content (AvgIpc) is 2.88. The summed E-state index contributed by atoms with van der Waals surface area (Å²) in [7, 11) is 0. The van der Waals surface area contributed by atoms with Crippen LogP contribution in [0.1, 0.15) is 23.5 Å². The second kappa shape index (κ2) is 4.93. The Morgan fingerprint density at radius 3 is 3.15 bits per heavy atom. The fourth-order valence-corrected chi connectivity index (χ4v) is 2.33. The highest BCUT2D eigenvalue weighted by atomic mass is 16.5. The van der Waals surface area contributed by atoms with Gasteiger partial charge < -0.3 is 5.32 Å². The van der Waals surface area contributed by atoms with Crippen molar-refractivity contribution in [1.29, 1.82) is 0 Å². The molecule has 2 aromatic rings. The zero-order chi connectivity index (χ0) is 14.1. The molecular formula is C13H14N4O3. The number of carbonyl (C=O) groups is 2. The van der Waals surface area contributed by atoms with Gasteiger partial charge in [0.15, 0.2) is 0 Å². The first-order valence-electron chi connectivity index (χ1n) is 6.40. The minimum Gasteiger partial charge on any atom is -0.337 e. The number of nitrogens with zero attached hydrogens (tertiary/aromatic N) is 3. The van der Waals surface area contributed by atoms with E-state index < -0.39 is 17.9 Å². The normalized spacial score (nSPS) is 19.4. The molecule has 0 saturated carbocycles. The van der Waals surface area contributed by atoms with Crippen LogP contribution in [0.15, 0.2) is 30.6 Å². The first kappa shape index (κ1) is 12.6. The molecular weight excluding hydrogens is 260 g/mol. The number of hydrogen-bond acceptors (Lipinski definition) is 4. The number of piperidine rings is 1. The number of pyridine rings is 1. The van der Waals surface area contributed by atoms with Gasteiger partial charge in [0.2, 0.25) is 5.82 Å². The summed E-state index contributed by atoms with van der Waals surface area (Å²) in [6.07, 6.45) is 4.49. The largest absolute Gasteiger partial charge is 0.337 e. The number of aromatic nitrogens is 2. The smallest absolute Gasteiger partial charge is 0.288 e. The van der Waals surface area contributed by atoms with Crippen molar-refractivity contribution < 1.29 is 14.8 Å². The Balaban J connectivity index is 1.81. The van der Waals surface area contributed by atoms with E-state index in [1.54, 1.807) is 22.9 Å². The predicted octanol–water partition coefficient (Wildman–Crippen LogP) is 0.444. The Bertz CT molecular complexity index is 666. The van der Waals surface area contributed by atoms with Crippen LogP contribution in [0.4, 0.5) is 0 Å². The Hall–Kier alpha value is -2.41. The fourth-order valence-electron chi connectivity index (χ4n) is 2.33. The van der Waals surface area contributed by atoms with E-state index in [1.165, 1.54) is 0 Å². The van der Waals surface area contributed by atoms with Gasteiger partial charge in [0.05, 0.1) is 11.7 Å². The van der Waals surface area contributed by atoms with Gasteiger partial charge >= 0.3 is 0 Å². The molecule has 7 heteroatoms. The van der Waals surface area contributed by atoms with E-state index in [-0.39, 0.29) is 5.82 Å². The van der Waals surface area contributed by atoms with E-state index in [0.717, 1.165) is 5.52 Å². The summed E-state index contributed by atoms with van der Waals surface area (Å²) in [5.41, 5.74) is 0.802. The monoisotopic (exact) mass is 274 g/mol. The molecule has 0 radical (unpaired) electrons. The summed E-state index contributed by atoms with van der Waals surface area (Å²) in [5.74, 6) is -0.682. The summed E-state index contributed by atoms with van der Waals surface area (Å²) >= 11 is 0. The van der Waals surface area contributed by atoms with Crippen LogP contribution in [0, 0.1) is 0 Å². The number of carbonyl (C=O) groups excluding carboxylic acids is 2. The molecule has 2 aromatic heterocycles. The third-order valence-electron chi connectivity index (χ3n) is 3.36. The van der Waals surface area contributed by atoms with Crippen molar-refractivity contribution in [2.45, 2.75) is 18.9 Å². The average molecular weight is 274 g/mol. The number of fused-ring (bicyclic) bond motifs is 1. The van der Waals surface area contributed by atoms with Gasteiger partial charge in [-0.25, -0.2) is 10.0 Å². The van der Waals surface area contributed by atoms with Crippen molar-refractivity contribution in [3.8, 4) is 0 Å². The van der Waals surface area contributed by atoms with Crippen molar-refractivity contribution in [3.63, 3.8) is 0 Å². The third-order valence-corrected chi connectivity index (χ3v) is 3.36. The summed E-state index contributed by atoms with van der Waals surface area (Å²) in [6.45, 7) is 0.303. The zero-order valence-electron chi connectivity index (χ0n) is 10.7. The molecule has 104 valence electrons. The molecule has 3 rings (SSSR count). The van der Waals surface area contributed by atoms with Crippen LogP contribution in [0.25, 0.3) is 5.52 Å². The molecule has 2 amide bonds. The molecule has 0 aliphatic carbocycles. The number of rotatable bonds is 2. The Labute approximate surface area is 114 Å². The summed E-state index contributed by atoms with van der Waals surface area (Å²) < 4.78 is 1.65. The maximum absolute atomic E-state index is 12.2. The predicted molar refractivity (Wildman–Crippen MR) is 69.2 cm³/mol. The van der Waals surface area contributed by atoms with E-state index in [4.69, 9.17) is 0 Å². The number of hydroxylamine groups is 2. The minimum atomic E-state index is -0.697. The fraction of sp³-hybridized carbons (Fsp3) is 0.308. The van der Waals surface area contributed by atoms with Crippen molar-refractivity contribution in [1.82, 2.24) is 19.8 Å². The standard InChI is InChI=1S/C13H14N4O3/c18-12(15-10-5-3-7-17(20)13(10)19)11-14-8-9-4-1-2-6-16(9)11/h1-2,4,6,8,10,20H,3,5,7H2,(H,15,18). The number of nitrogens with one attached hydrogen (secondary N) is 1. The van der Waals surface area contributed by atoms with Crippen LogP contribution < -0.4 is 5.32 Å². The van der Waals surface area contributed by atoms with E-state index in [2.05, 4.69) is 10.3 Å². The van der Waals surface area contributed by atoms with E-state index in [1.807, 2.05) is 12.1 Å². The lowest BCUT2D eigenvalue weighted by Gasteiger charge is -2.27. The molecule has 0 spiro atoms. The second-order valence-electron chi connectivity index (χ2n) is 4.71. The maximum atomic E-state index is 12.2. The SMILES string of the molecule is O=C(NC1CCCN(O)C1=O)c1ncc2ccccn12. The lowest BCUT2D eigenvalue weighted by Crippen LogP contribution is -2.51. The van der Waals surface area contributed by atoms with E-state index >= 15 is 0 Å². The zero-order valence-corrected chi connectivity index (χ0v) is 10.7. The van der Waals surface area contributed by atoms with Gasteiger partial charge in [-0.1, -0.05) is 6.07 Å². The van der Waals surface area contributed by atoms with Crippen LogP contribution in [0.3, 0.4) is 0 Å². The Kier molecular flexibility index (Phi) is 3.11. The van der Waals surface area contributed by atoms with Crippen molar-refractivity contribution in [2.75, 3.05) is 6.54 Å².